The number of H-pyrrole nitrogens is 2. The molecule has 4 aromatic heterocycles. The summed E-state index contributed by atoms with van der Waals surface area (Å²) in [7, 11) is 3.50. The van der Waals surface area contributed by atoms with Crippen molar-refractivity contribution in [1.82, 2.24) is 29.9 Å². The van der Waals surface area contributed by atoms with Crippen LogP contribution in [0.5, 0.6) is 0 Å². The predicted octanol–water partition coefficient (Wildman–Crippen LogP) is 7.26. The van der Waals surface area contributed by atoms with E-state index < -0.39 is 5.91 Å². The largest absolute Gasteiger partial charge is 0.366 e. The van der Waals surface area contributed by atoms with E-state index >= 15 is 0 Å². The second-order valence-electron chi connectivity index (χ2n) is 10.4. The average molecular weight is 666 g/mol. The molecule has 0 atom stereocenters. The van der Waals surface area contributed by atoms with E-state index in [0.29, 0.717) is 55.8 Å². The third-order valence-corrected chi connectivity index (χ3v) is 7.74. The summed E-state index contributed by atoms with van der Waals surface area (Å²) >= 11 is 12.2. The first kappa shape index (κ1) is 32.7. The summed E-state index contributed by atoms with van der Waals surface area (Å²) < 4.78 is 0. The molecule has 0 unspecified atom stereocenters. The number of hydrogen-bond donors (Lipinski definition) is 5. The first-order chi connectivity index (χ1) is 22.6. The van der Waals surface area contributed by atoms with E-state index in [2.05, 4.69) is 46.6 Å². The molecule has 0 bridgehead atoms. The van der Waals surface area contributed by atoms with Crippen molar-refractivity contribution in [3.05, 3.63) is 105 Å². The van der Waals surface area contributed by atoms with Crippen LogP contribution in [0.15, 0.2) is 73.1 Å². The highest BCUT2D eigenvalue weighted by atomic mass is 35.5. The number of primary amides is 1. The summed E-state index contributed by atoms with van der Waals surface area (Å²) in [4.78, 5) is 35.4. The van der Waals surface area contributed by atoms with Crippen LogP contribution >= 0.6 is 23.2 Å². The molecule has 0 aliphatic heterocycles. The van der Waals surface area contributed by atoms with Gasteiger partial charge in [-0.15, -0.1) is 0 Å². The van der Waals surface area contributed by atoms with Gasteiger partial charge >= 0.3 is 0 Å². The number of nitrogens with one attached hydrogen (secondary N) is 4. The van der Waals surface area contributed by atoms with Crippen molar-refractivity contribution in [3.63, 3.8) is 0 Å². The Morgan fingerprint density at radius 2 is 1.26 bits per heavy atom. The van der Waals surface area contributed by atoms with Crippen LogP contribution in [-0.4, -0.2) is 49.9 Å². The Morgan fingerprint density at radius 3 is 1.74 bits per heavy atom. The van der Waals surface area contributed by atoms with Crippen molar-refractivity contribution in [2.24, 2.45) is 5.73 Å². The molecule has 6 aromatic rings. The second kappa shape index (κ2) is 14.2. The number of hydrogen-bond acceptors (Lipinski definition) is 8. The lowest BCUT2D eigenvalue weighted by Crippen LogP contribution is -2.11. The Hall–Kier alpha value is -5.70. The highest BCUT2D eigenvalue weighted by Crippen LogP contribution is 2.33. The summed E-state index contributed by atoms with van der Waals surface area (Å²) in [5.41, 5.74) is 14.4. The number of amides is 1. The van der Waals surface area contributed by atoms with Crippen molar-refractivity contribution in [2.45, 2.75) is 13.8 Å². The third kappa shape index (κ3) is 7.25. The molecule has 11 nitrogen and oxygen atoms in total. The number of benzene rings is 2. The zero-order valence-corrected chi connectivity index (χ0v) is 27.4. The van der Waals surface area contributed by atoms with Crippen LogP contribution in [-0.2, 0) is 0 Å². The second-order valence-corrected chi connectivity index (χ2v) is 11.2. The monoisotopic (exact) mass is 664 g/mol. The van der Waals surface area contributed by atoms with Crippen molar-refractivity contribution in [2.75, 3.05) is 24.7 Å². The Bertz CT molecular complexity index is 2130. The van der Waals surface area contributed by atoms with Crippen LogP contribution in [0.1, 0.15) is 27.0 Å². The first-order valence-electron chi connectivity index (χ1n) is 14.3. The quantitative estimate of drug-likeness (QED) is 0.118. The number of anilines is 2. The van der Waals surface area contributed by atoms with Gasteiger partial charge in [0.25, 0.3) is 5.91 Å². The molecule has 0 saturated carbocycles. The number of carbonyl (C=O) groups is 1. The molecular formula is C34H30Cl2N10O. The standard InChI is InChI=1S/C17H16ClN5O.C17H14ClN5/c1-9-3-4-10(18)7-11(9)15-12(16(19)24)8-14(22-15)13-5-6-21-17(20-2)23-13;1-10-3-4-12(18)8-13(10)16-11(9-19)7-15(22-16)14-5-6-21-17(20-2)23-14/h3-8,22H,1-2H3,(H2,19,24)(H,20,21,23);3-8,22H,1-2H3,(H,20,21,23). The molecule has 0 radical (unpaired) electrons. The molecule has 0 fully saturated rings. The fourth-order valence-corrected chi connectivity index (χ4v) is 5.22. The molecule has 0 aliphatic carbocycles. The SMILES string of the molecule is CNc1nccc(-c2cc(C#N)c(-c3cc(Cl)ccc3C)[nH]2)n1.CNc1nccc(-c2cc(C(N)=O)c(-c3cc(Cl)ccc3C)[nH]2)n1. The molecule has 236 valence electrons. The molecule has 0 spiro atoms. The number of nitrogens with zero attached hydrogens (tertiary/aromatic N) is 5. The molecule has 2 aromatic carbocycles. The van der Waals surface area contributed by atoms with Crippen LogP contribution in [0.4, 0.5) is 11.9 Å². The van der Waals surface area contributed by atoms with Crippen molar-refractivity contribution in [1.29, 1.82) is 5.26 Å². The summed E-state index contributed by atoms with van der Waals surface area (Å²) in [5, 5.41) is 16.5. The molecule has 6 N–H and O–H groups in total. The minimum absolute atomic E-state index is 0.389. The van der Waals surface area contributed by atoms with E-state index in [1.807, 2.05) is 38.1 Å². The Balaban J connectivity index is 0.000000185. The van der Waals surface area contributed by atoms with Gasteiger partial charge in [-0.3, -0.25) is 4.79 Å². The lowest BCUT2D eigenvalue weighted by Gasteiger charge is -2.06. The molecule has 13 heteroatoms. The van der Waals surface area contributed by atoms with Crippen molar-refractivity contribution < 1.29 is 4.79 Å². The Morgan fingerprint density at radius 1 is 0.766 bits per heavy atom. The molecular weight excluding hydrogens is 635 g/mol. The van der Waals surface area contributed by atoms with Crippen LogP contribution in [0, 0.1) is 25.2 Å². The van der Waals surface area contributed by atoms with E-state index in [-0.39, 0.29) is 0 Å². The minimum atomic E-state index is -0.519. The van der Waals surface area contributed by atoms with Crippen LogP contribution in [0.3, 0.4) is 0 Å². The summed E-state index contributed by atoms with van der Waals surface area (Å²) in [6.45, 7) is 3.93. The van der Waals surface area contributed by atoms with Gasteiger partial charge in [-0.05, 0) is 73.5 Å². The Labute approximate surface area is 281 Å². The zero-order chi connectivity index (χ0) is 33.7. The van der Waals surface area contributed by atoms with Gasteiger partial charge in [0.2, 0.25) is 11.9 Å². The van der Waals surface area contributed by atoms with Gasteiger partial charge in [0.05, 0.1) is 45.3 Å². The van der Waals surface area contributed by atoms with Gasteiger partial charge in [-0.25, -0.2) is 19.9 Å². The van der Waals surface area contributed by atoms with E-state index in [1.54, 1.807) is 62.9 Å². The smallest absolute Gasteiger partial charge is 0.250 e. The van der Waals surface area contributed by atoms with E-state index in [4.69, 9.17) is 28.9 Å². The highest BCUT2D eigenvalue weighted by molar-refractivity contribution is 6.31. The summed E-state index contributed by atoms with van der Waals surface area (Å²) in [5.74, 6) is 0.495. The van der Waals surface area contributed by atoms with E-state index in [9.17, 15) is 10.1 Å². The lowest BCUT2D eigenvalue weighted by molar-refractivity contribution is 0.100. The van der Waals surface area contributed by atoms with Gasteiger partial charge in [0.1, 0.15) is 6.07 Å². The third-order valence-electron chi connectivity index (χ3n) is 7.27. The summed E-state index contributed by atoms with van der Waals surface area (Å²) in [6.07, 6.45) is 3.31. The van der Waals surface area contributed by atoms with Gasteiger partial charge in [0.15, 0.2) is 0 Å². The van der Waals surface area contributed by atoms with Crippen molar-refractivity contribution in [3.8, 4) is 51.4 Å². The number of aromatic amines is 2. The maximum atomic E-state index is 11.9. The molecule has 6 rings (SSSR count). The van der Waals surface area contributed by atoms with Gasteiger partial charge in [-0.1, -0.05) is 35.3 Å². The predicted molar refractivity (Wildman–Crippen MR) is 186 cm³/mol. The molecule has 47 heavy (non-hydrogen) atoms. The number of rotatable bonds is 7. The number of aryl methyl sites for hydroxylation is 2. The lowest BCUT2D eigenvalue weighted by atomic mass is 10.0. The number of nitriles is 1. The summed E-state index contributed by atoms with van der Waals surface area (Å²) in [6, 6.07) is 20.4. The van der Waals surface area contributed by atoms with Gasteiger partial charge in [-0.2, -0.15) is 5.26 Å². The normalized spacial score (nSPS) is 10.5. The fraction of sp³-hybridized carbons (Fsp3) is 0.118. The van der Waals surface area contributed by atoms with Gasteiger partial charge < -0.3 is 26.3 Å². The minimum Gasteiger partial charge on any atom is -0.366 e. The topological polar surface area (TPSA) is 174 Å². The highest BCUT2D eigenvalue weighted by Gasteiger charge is 2.18. The molecule has 1 amide bonds. The van der Waals surface area contributed by atoms with Crippen LogP contribution < -0.4 is 16.4 Å². The van der Waals surface area contributed by atoms with Gasteiger partial charge in [0, 0.05) is 47.7 Å². The zero-order valence-electron chi connectivity index (χ0n) is 25.9. The maximum absolute atomic E-state index is 11.9. The number of nitrogens with two attached hydrogens (primary N) is 1. The Kier molecular flexibility index (Phi) is 9.85. The van der Waals surface area contributed by atoms with E-state index in [0.717, 1.165) is 33.6 Å². The van der Waals surface area contributed by atoms with Crippen LogP contribution in [0.2, 0.25) is 10.0 Å². The molecule has 4 heterocycles. The van der Waals surface area contributed by atoms with Crippen molar-refractivity contribution >= 4 is 41.0 Å². The van der Waals surface area contributed by atoms with E-state index in [1.165, 1.54) is 0 Å². The number of halogens is 2. The average Bonchev–Trinajstić information content (AvgIpc) is 3.73. The first-order valence-corrected chi connectivity index (χ1v) is 15.1. The maximum Gasteiger partial charge on any atom is 0.250 e. The fourth-order valence-electron chi connectivity index (χ4n) is 4.88. The number of carbonyl (C=O) groups excluding carboxylic acids is 1. The number of aromatic nitrogens is 6. The van der Waals surface area contributed by atoms with Crippen LogP contribution in [0.25, 0.3) is 45.3 Å². The molecule has 0 aliphatic rings. The molecule has 0 saturated heterocycles.